The van der Waals surface area contributed by atoms with E-state index in [0.717, 1.165) is 50.0 Å². The summed E-state index contributed by atoms with van der Waals surface area (Å²) in [7, 11) is 0. The summed E-state index contributed by atoms with van der Waals surface area (Å²) in [6.07, 6.45) is 0.646. The van der Waals surface area contributed by atoms with Crippen LogP contribution in [-0.4, -0.2) is 81.2 Å². The van der Waals surface area contributed by atoms with Crippen molar-refractivity contribution in [3.05, 3.63) is 117 Å². The van der Waals surface area contributed by atoms with E-state index in [1.807, 2.05) is 73.0 Å². The summed E-state index contributed by atoms with van der Waals surface area (Å²) >= 11 is 1.66. The molecule has 3 aromatic carbocycles. The van der Waals surface area contributed by atoms with Gasteiger partial charge in [0.1, 0.15) is 47.4 Å². The number of carbonyl (C=O) groups excluding carboxylic acids is 4. The lowest BCUT2D eigenvalue weighted by molar-refractivity contribution is -0.133. The van der Waals surface area contributed by atoms with Crippen molar-refractivity contribution in [1.82, 2.24) is 19.7 Å². The molecule has 13 nitrogen and oxygen atoms in total. The normalized spacial score (nSPS) is 17.3. The van der Waals surface area contributed by atoms with Crippen molar-refractivity contribution in [2.24, 2.45) is 4.99 Å². The molecule has 2 amide bonds. The Bertz CT molecular complexity index is 2430. The Labute approximate surface area is 340 Å². The number of benzene rings is 3. The van der Waals surface area contributed by atoms with Crippen molar-refractivity contribution in [1.29, 1.82) is 0 Å². The van der Waals surface area contributed by atoms with Gasteiger partial charge in [0.2, 0.25) is 5.91 Å². The zero-order valence-corrected chi connectivity index (χ0v) is 33.7. The fourth-order valence-electron chi connectivity index (χ4n) is 7.69. The highest BCUT2D eigenvalue weighted by Crippen LogP contribution is 2.40. The summed E-state index contributed by atoms with van der Waals surface area (Å²) in [5.74, 6) is 1.97. The van der Waals surface area contributed by atoms with Crippen LogP contribution >= 0.6 is 11.3 Å². The quantitative estimate of drug-likeness (QED) is 0.102. The van der Waals surface area contributed by atoms with Gasteiger partial charge in [0.25, 0.3) is 5.91 Å². The third-order valence-electron chi connectivity index (χ3n) is 10.8. The molecule has 0 bridgehead atoms. The first-order chi connectivity index (χ1) is 28.0. The maximum absolute atomic E-state index is 13.4. The number of fused-ring (bicyclic) bond motifs is 4. The molecule has 0 radical (unpaired) electrons. The number of amides is 2. The largest absolute Gasteiger partial charge is 0.491 e. The molecule has 3 aliphatic rings. The number of aromatic nitrogens is 3. The fourth-order valence-corrected chi connectivity index (χ4v) is 8.91. The number of ketones is 2. The van der Waals surface area contributed by atoms with Crippen molar-refractivity contribution < 1.29 is 33.4 Å². The molecular formula is C44H44N6O7S. The number of Topliss-reactive ketones (excluding diaryl/α,β-unsaturated/α-hetero) is 2. The Balaban J connectivity index is 0.881. The van der Waals surface area contributed by atoms with Crippen LogP contribution in [0.4, 0.5) is 5.69 Å². The number of hydrogen-bond acceptors (Lipinski definition) is 11. The number of thiophene rings is 1. The fraction of sp³-hybridized carbons (Fsp3) is 0.341. The number of aliphatic imine (C=N–C) groups is 1. The molecule has 5 aromatic rings. The molecule has 4 heterocycles. The smallest absolute Gasteiger partial charge is 0.255 e. The van der Waals surface area contributed by atoms with Gasteiger partial charge in [-0.3, -0.25) is 28.7 Å². The number of ether oxygens (including phenoxy) is 3. The highest BCUT2D eigenvalue weighted by molar-refractivity contribution is 7.15. The summed E-state index contributed by atoms with van der Waals surface area (Å²) in [5, 5.41) is 12.9. The second-order valence-corrected chi connectivity index (χ2v) is 16.0. The van der Waals surface area contributed by atoms with Crippen LogP contribution < -0.4 is 14.8 Å². The molecule has 58 heavy (non-hydrogen) atoms. The lowest BCUT2D eigenvalue weighted by atomic mass is 9.92. The molecule has 0 saturated heterocycles. The molecule has 2 aliphatic heterocycles. The number of anilines is 1. The van der Waals surface area contributed by atoms with E-state index in [4.69, 9.17) is 19.2 Å². The topological polar surface area (TPSA) is 154 Å². The predicted molar refractivity (Wildman–Crippen MR) is 218 cm³/mol. The minimum absolute atomic E-state index is 0.0725. The summed E-state index contributed by atoms with van der Waals surface area (Å²) in [5.41, 5.74) is 6.89. The van der Waals surface area contributed by atoms with E-state index >= 15 is 0 Å². The van der Waals surface area contributed by atoms with Crippen molar-refractivity contribution in [3.63, 3.8) is 0 Å². The molecular weight excluding hydrogens is 757 g/mol. The molecule has 1 N–H and O–H groups in total. The van der Waals surface area contributed by atoms with Gasteiger partial charge in [-0.05, 0) is 88.2 Å². The van der Waals surface area contributed by atoms with Gasteiger partial charge >= 0.3 is 0 Å². The minimum atomic E-state index is -0.576. The van der Waals surface area contributed by atoms with Gasteiger partial charge in [-0.1, -0.05) is 23.8 Å². The van der Waals surface area contributed by atoms with E-state index in [1.165, 1.54) is 4.88 Å². The molecule has 0 spiro atoms. The monoisotopic (exact) mass is 800 g/mol. The third-order valence-corrected chi connectivity index (χ3v) is 12.0. The van der Waals surface area contributed by atoms with Crippen LogP contribution in [0.5, 0.6) is 11.5 Å². The van der Waals surface area contributed by atoms with E-state index < -0.39 is 12.1 Å². The van der Waals surface area contributed by atoms with Gasteiger partial charge in [0.15, 0.2) is 11.6 Å². The zero-order valence-electron chi connectivity index (χ0n) is 32.9. The minimum Gasteiger partial charge on any atom is -0.491 e. The molecule has 1 fully saturated rings. The molecule has 1 aliphatic carbocycles. The number of hydrogen-bond donors (Lipinski definition) is 1. The molecule has 8 rings (SSSR count). The van der Waals surface area contributed by atoms with E-state index in [-0.39, 0.29) is 49.4 Å². The first-order valence-electron chi connectivity index (χ1n) is 19.4. The maximum atomic E-state index is 13.4. The lowest BCUT2D eigenvalue weighted by Gasteiger charge is -2.29. The third kappa shape index (κ3) is 7.81. The number of nitrogens with zero attached hydrogens (tertiary/aromatic N) is 5. The summed E-state index contributed by atoms with van der Waals surface area (Å²) in [6, 6.07) is 19.7. The zero-order chi connectivity index (χ0) is 40.5. The van der Waals surface area contributed by atoms with Gasteiger partial charge < -0.3 is 24.4 Å². The van der Waals surface area contributed by atoms with Gasteiger partial charge in [0.05, 0.1) is 44.4 Å². The van der Waals surface area contributed by atoms with Crippen LogP contribution in [0.3, 0.4) is 0 Å². The van der Waals surface area contributed by atoms with E-state index in [1.54, 1.807) is 28.4 Å². The summed E-state index contributed by atoms with van der Waals surface area (Å²) in [6.45, 7) is 9.63. The average Bonchev–Trinajstić information content (AvgIpc) is 3.82. The van der Waals surface area contributed by atoms with Gasteiger partial charge in [0, 0.05) is 39.2 Å². The Morgan fingerprint density at radius 3 is 2.41 bits per heavy atom. The summed E-state index contributed by atoms with van der Waals surface area (Å²) in [4.78, 5) is 58.8. The van der Waals surface area contributed by atoms with E-state index in [9.17, 15) is 19.2 Å². The van der Waals surface area contributed by atoms with Crippen LogP contribution in [0.25, 0.3) is 5.00 Å². The average molecular weight is 801 g/mol. The van der Waals surface area contributed by atoms with Crippen LogP contribution in [-0.2, 0) is 25.7 Å². The Hall–Kier alpha value is -5.99. The molecule has 14 heteroatoms. The first-order valence-corrected chi connectivity index (χ1v) is 20.3. The lowest BCUT2D eigenvalue weighted by Crippen LogP contribution is -2.44. The number of nitrogens with one attached hydrogen (secondary N) is 1. The van der Waals surface area contributed by atoms with Crippen molar-refractivity contribution in [2.45, 2.75) is 72.0 Å². The maximum Gasteiger partial charge on any atom is 0.255 e. The van der Waals surface area contributed by atoms with Crippen LogP contribution in [0, 0.1) is 27.7 Å². The van der Waals surface area contributed by atoms with Gasteiger partial charge in [-0.15, -0.1) is 21.5 Å². The van der Waals surface area contributed by atoms with Crippen LogP contribution in [0.2, 0.25) is 0 Å². The SMILES string of the molecule is Cc1ccc(NC(=O)C[C@@H]2N=C(c3ccc(OCCOCCOc4cccc5c4CN(C4CCC(=O)CC4=O)C5=O)cc3)c3c(sc(C)c3C)-n3c(C)nnc32)cc1. The molecule has 298 valence electrons. The first kappa shape index (κ1) is 38.9. The Morgan fingerprint density at radius 2 is 1.66 bits per heavy atom. The highest BCUT2D eigenvalue weighted by Gasteiger charge is 2.40. The summed E-state index contributed by atoms with van der Waals surface area (Å²) < 4.78 is 19.9. The molecule has 1 saturated carbocycles. The van der Waals surface area contributed by atoms with Crippen molar-refractivity contribution in [3.8, 4) is 16.5 Å². The van der Waals surface area contributed by atoms with E-state index in [2.05, 4.69) is 29.4 Å². The van der Waals surface area contributed by atoms with Crippen LogP contribution in [0.15, 0.2) is 71.7 Å². The molecule has 2 aromatic heterocycles. The number of aryl methyl sites for hydroxylation is 3. The second kappa shape index (κ2) is 16.5. The number of rotatable bonds is 13. The number of carbonyl (C=O) groups is 4. The van der Waals surface area contributed by atoms with Crippen molar-refractivity contribution >= 4 is 46.1 Å². The van der Waals surface area contributed by atoms with Gasteiger partial charge in [-0.2, -0.15) is 0 Å². The Morgan fingerprint density at radius 1 is 0.897 bits per heavy atom. The van der Waals surface area contributed by atoms with Gasteiger partial charge in [-0.25, -0.2) is 0 Å². The van der Waals surface area contributed by atoms with E-state index in [0.29, 0.717) is 55.5 Å². The highest BCUT2D eigenvalue weighted by atomic mass is 32.1. The Kier molecular flexibility index (Phi) is 11.0. The molecule has 1 unspecified atom stereocenters. The van der Waals surface area contributed by atoms with Crippen LogP contribution in [0.1, 0.15) is 86.4 Å². The predicted octanol–water partition coefficient (Wildman–Crippen LogP) is 6.60. The molecule has 2 atom stereocenters. The second-order valence-electron chi connectivity index (χ2n) is 14.8. The standard InChI is InChI=1S/C44H44N6O7S/c1-25-8-12-30(13-9-25)45-39(53)23-35-42-48-47-28(4)50(42)44-40(26(2)27(3)58-44)41(46-35)29-10-15-32(16-11-29)56-20-18-55-19-21-57-38-7-5-6-33-34(38)24-49(43(33)54)36-17-14-31(51)22-37(36)52/h5-13,15-16,35-36H,14,17-24H2,1-4H3,(H,45,53)/t35-,36?/m0/s1. The van der Waals surface area contributed by atoms with Crippen molar-refractivity contribution in [2.75, 3.05) is 31.7 Å².